The van der Waals surface area contributed by atoms with Crippen LogP contribution in [0, 0.1) is 12.3 Å². The lowest BCUT2D eigenvalue weighted by molar-refractivity contribution is 0.109. The van der Waals surface area contributed by atoms with Gasteiger partial charge >= 0.3 is 0 Å². The quantitative estimate of drug-likeness (QED) is 0.483. The average molecular weight is 396 g/mol. The van der Waals surface area contributed by atoms with E-state index in [-0.39, 0.29) is 5.54 Å². The zero-order chi connectivity index (χ0) is 20.5. The van der Waals surface area contributed by atoms with Crippen molar-refractivity contribution in [2.24, 2.45) is 5.41 Å². The fourth-order valence-corrected chi connectivity index (χ4v) is 4.64. The molecule has 1 nitrogen and oxygen atoms in total. The SMILES string of the molecule is CSc1ccc2c(c1)CN(C(C)(C)CCc1ccc(C)c(CC(C)(C)C)c1)C2. The monoisotopic (exact) mass is 395 g/mol. The molecule has 2 aromatic carbocycles. The van der Waals surface area contributed by atoms with Crippen molar-refractivity contribution in [3.63, 3.8) is 0 Å². The molecule has 0 N–H and O–H groups in total. The topological polar surface area (TPSA) is 3.24 Å². The molecule has 0 radical (unpaired) electrons. The second kappa shape index (κ2) is 8.24. The Morgan fingerprint density at radius 2 is 1.64 bits per heavy atom. The van der Waals surface area contributed by atoms with Gasteiger partial charge in [-0.15, -0.1) is 11.8 Å². The third kappa shape index (κ3) is 5.21. The van der Waals surface area contributed by atoms with Crippen LogP contribution in [-0.2, 0) is 25.9 Å². The van der Waals surface area contributed by atoms with Crippen LogP contribution in [0.4, 0.5) is 0 Å². The Balaban J connectivity index is 1.66. The molecule has 0 bridgehead atoms. The van der Waals surface area contributed by atoms with Crippen molar-refractivity contribution in [1.82, 2.24) is 4.90 Å². The van der Waals surface area contributed by atoms with Crippen LogP contribution >= 0.6 is 11.8 Å². The Bertz CT molecular complexity index is 829. The highest BCUT2D eigenvalue weighted by atomic mass is 32.2. The van der Waals surface area contributed by atoms with E-state index in [2.05, 4.69) is 89.1 Å². The van der Waals surface area contributed by atoms with Crippen LogP contribution in [0.15, 0.2) is 41.3 Å². The number of aryl methyl sites for hydroxylation is 2. The van der Waals surface area contributed by atoms with Crippen LogP contribution < -0.4 is 0 Å². The number of benzene rings is 2. The molecule has 0 spiro atoms. The van der Waals surface area contributed by atoms with E-state index in [1.54, 1.807) is 0 Å². The average Bonchev–Trinajstić information content (AvgIpc) is 3.05. The van der Waals surface area contributed by atoms with Crippen molar-refractivity contribution >= 4 is 11.8 Å². The van der Waals surface area contributed by atoms with Crippen molar-refractivity contribution in [3.05, 3.63) is 64.2 Å². The molecule has 0 saturated carbocycles. The van der Waals surface area contributed by atoms with Gasteiger partial charge in [-0.2, -0.15) is 0 Å². The van der Waals surface area contributed by atoms with Crippen molar-refractivity contribution < 1.29 is 0 Å². The van der Waals surface area contributed by atoms with Crippen molar-refractivity contribution in [2.75, 3.05) is 6.26 Å². The van der Waals surface area contributed by atoms with E-state index in [4.69, 9.17) is 0 Å². The molecule has 2 aromatic rings. The Morgan fingerprint density at radius 1 is 0.929 bits per heavy atom. The molecular formula is C26H37NS. The zero-order valence-electron chi connectivity index (χ0n) is 18.9. The second-order valence-electron chi connectivity index (χ2n) is 10.3. The van der Waals surface area contributed by atoms with E-state index < -0.39 is 0 Å². The summed E-state index contributed by atoms with van der Waals surface area (Å²) in [5.74, 6) is 0. The van der Waals surface area contributed by atoms with E-state index in [1.807, 2.05) is 11.8 Å². The molecule has 0 aliphatic carbocycles. The normalized spacial score (nSPS) is 15.1. The van der Waals surface area contributed by atoms with Gasteiger partial charge in [-0.25, -0.2) is 0 Å². The molecule has 1 heterocycles. The molecule has 0 atom stereocenters. The van der Waals surface area contributed by atoms with E-state index in [0.29, 0.717) is 5.41 Å². The van der Waals surface area contributed by atoms with Crippen molar-refractivity contribution in [1.29, 1.82) is 0 Å². The van der Waals surface area contributed by atoms with E-state index in [0.717, 1.165) is 25.9 Å². The first kappa shape index (κ1) is 21.5. The molecule has 28 heavy (non-hydrogen) atoms. The summed E-state index contributed by atoms with van der Waals surface area (Å²) >= 11 is 1.84. The minimum absolute atomic E-state index is 0.202. The number of thioether (sulfide) groups is 1. The fraction of sp³-hybridized carbons (Fsp3) is 0.538. The number of rotatable bonds is 6. The third-order valence-electron chi connectivity index (χ3n) is 6.15. The van der Waals surface area contributed by atoms with Gasteiger partial charge in [0.1, 0.15) is 0 Å². The van der Waals surface area contributed by atoms with Gasteiger partial charge in [0.2, 0.25) is 0 Å². The number of hydrogen-bond donors (Lipinski definition) is 0. The summed E-state index contributed by atoms with van der Waals surface area (Å²) in [6, 6.07) is 14.1. The minimum atomic E-state index is 0.202. The van der Waals surface area contributed by atoms with Gasteiger partial charge < -0.3 is 0 Å². The number of hydrogen-bond acceptors (Lipinski definition) is 2. The zero-order valence-corrected chi connectivity index (χ0v) is 19.7. The van der Waals surface area contributed by atoms with Gasteiger partial charge in [0, 0.05) is 23.5 Å². The van der Waals surface area contributed by atoms with Crippen LogP contribution in [0.3, 0.4) is 0 Å². The standard InChI is InChI=1S/C26H37NS/c1-19-8-9-20(14-22(19)16-25(2,3)4)12-13-26(5,6)27-17-21-10-11-24(28-7)15-23(21)18-27/h8-11,14-15H,12-13,16-18H2,1-7H3. The van der Waals surface area contributed by atoms with Gasteiger partial charge in [0.05, 0.1) is 0 Å². The highest BCUT2D eigenvalue weighted by Crippen LogP contribution is 2.34. The highest BCUT2D eigenvalue weighted by molar-refractivity contribution is 7.98. The van der Waals surface area contributed by atoms with Crippen LogP contribution in [-0.4, -0.2) is 16.7 Å². The molecule has 0 unspecified atom stereocenters. The second-order valence-corrected chi connectivity index (χ2v) is 11.2. The van der Waals surface area contributed by atoms with Gasteiger partial charge in [-0.1, -0.05) is 45.0 Å². The predicted octanol–water partition coefficient (Wildman–Crippen LogP) is 7.03. The van der Waals surface area contributed by atoms with Gasteiger partial charge in [-0.05, 0) is 91.7 Å². The maximum Gasteiger partial charge on any atom is 0.0246 e. The number of nitrogens with zero attached hydrogens (tertiary/aromatic N) is 1. The molecular weight excluding hydrogens is 358 g/mol. The van der Waals surface area contributed by atoms with Crippen molar-refractivity contribution in [3.8, 4) is 0 Å². The summed E-state index contributed by atoms with van der Waals surface area (Å²) in [5.41, 5.74) is 7.99. The molecule has 0 saturated heterocycles. The lowest BCUT2D eigenvalue weighted by Gasteiger charge is -2.35. The van der Waals surface area contributed by atoms with E-state index in [1.165, 1.54) is 39.1 Å². The molecule has 0 amide bonds. The fourth-order valence-electron chi connectivity index (χ4n) is 4.18. The van der Waals surface area contributed by atoms with Crippen LogP contribution in [0.5, 0.6) is 0 Å². The summed E-state index contributed by atoms with van der Waals surface area (Å²) in [6.07, 6.45) is 5.64. The molecule has 1 aliphatic rings. The Labute approximate surface area is 176 Å². The molecule has 0 aromatic heterocycles. The Morgan fingerprint density at radius 3 is 2.32 bits per heavy atom. The molecule has 1 aliphatic heterocycles. The smallest absolute Gasteiger partial charge is 0.0246 e. The largest absolute Gasteiger partial charge is 0.290 e. The molecule has 0 fully saturated rings. The lowest BCUT2D eigenvalue weighted by Crippen LogP contribution is -2.40. The third-order valence-corrected chi connectivity index (χ3v) is 6.88. The number of fused-ring (bicyclic) bond motifs is 1. The summed E-state index contributed by atoms with van der Waals surface area (Å²) in [4.78, 5) is 4.04. The first-order valence-electron chi connectivity index (χ1n) is 10.6. The Hall–Kier alpha value is -1.25. The molecule has 152 valence electrons. The first-order chi connectivity index (χ1) is 13.1. The van der Waals surface area contributed by atoms with Gasteiger partial charge in [-0.3, -0.25) is 4.90 Å². The molecule has 3 rings (SSSR count). The van der Waals surface area contributed by atoms with Gasteiger partial charge in [0.25, 0.3) is 0 Å². The van der Waals surface area contributed by atoms with Crippen LogP contribution in [0.1, 0.15) is 68.9 Å². The lowest BCUT2D eigenvalue weighted by atomic mass is 9.85. The van der Waals surface area contributed by atoms with Crippen LogP contribution in [0.25, 0.3) is 0 Å². The van der Waals surface area contributed by atoms with E-state index >= 15 is 0 Å². The summed E-state index contributed by atoms with van der Waals surface area (Å²) in [5, 5.41) is 0. The molecule has 2 heteroatoms. The van der Waals surface area contributed by atoms with E-state index in [9.17, 15) is 0 Å². The van der Waals surface area contributed by atoms with Gasteiger partial charge in [0.15, 0.2) is 0 Å². The highest BCUT2D eigenvalue weighted by Gasteiger charge is 2.31. The predicted molar refractivity (Wildman–Crippen MR) is 124 cm³/mol. The maximum atomic E-state index is 2.66. The maximum absolute atomic E-state index is 2.66. The first-order valence-corrected chi connectivity index (χ1v) is 11.8. The summed E-state index contributed by atoms with van der Waals surface area (Å²) < 4.78 is 0. The van der Waals surface area contributed by atoms with Crippen LogP contribution in [0.2, 0.25) is 0 Å². The summed E-state index contributed by atoms with van der Waals surface area (Å²) in [6.45, 7) is 16.2. The Kier molecular flexibility index (Phi) is 6.32. The summed E-state index contributed by atoms with van der Waals surface area (Å²) in [7, 11) is 0. The minimum Gasteiger partial charge on any atom is -0.290 e. The van der Waals surface area contributed by atoms with Crippen molar-refractivity contribution in [2.45, 2.75) is 84.3 Å².